The molecule has 1 aliphatic rings. The maximum absolute atomic E-state index is 12.9. The van der Waals surface area contributed by atoms with Crippen LogP contribution in [0, 0.1) is 6.92 Å². The molecule has 0 spiro atoms. The lowest BCUT2D eigenvalue weighted by atomic mass is 10.1. The molecule has 0 unspecified atom stereocenters. The predicted molar refractivity (Wildman–Crippen MR) is 122 cm³/mol. The largest absolute Gasteiger partial charge is 0.356 e. The highest BCUT2D eigenvalue weighted by Gasteiger charge is 2.22. The van der Waals surface area contributed by atoms with E-state index in [2.05, 4.69) is 50.7 Å². The molecule has 1 aromatic carbocycles. The molecule has 1 saturated heterocycles. The van der Waals surface area contributed by atoms with Crippen LogP contribution in [0.5, 0.6) is 0 Å². The molecule has 0 radical (unpaired) electrons. The Kier molecular flexibility index (Phi) is 6.35. The number of carbonyl (C=O) groups excluding carboxylic acids is 1. The number of aryl methyl sites for hydroxylation is 1. The maximum atomic E-state index is 12.9. The van der Waals surface area contributed by atoms with E-state index in [-0.39, 0.29) is 5.91 Å². The summed E-state index contributed by atoms with van der Waals surface area (Å²) in [6.45, 7) is 4.58. The molecule has 29 heavy (non-hydrogen) atoms. The third-order valence-electron chi connectivity index (χ3n) is 5.43. The van der Waals surface area contributed by atoms with Crippen molar-refractivity contribution in [3.8, 4) is 0 Å². The Morgan fingerprint density at radius 1 is 1.14 bits per heavy atom. The monoisotopic (exact) mass is 426 g/mol. The second-order valence-electron chi connectivity index (χ2n) is 7.37. The second-order valence-corrected chi connectivity index (χ2v) is 9.24. The fraction of sp³-hybridized carbons (Fsp3) is 0.409. The number of benzene rings is 1. The fourth-order valence-electron chi connectivity index (χ4n) is 3.80. The molecule has 3 heterocycles. The second kappa shape index (κ2) is 9.13. The average molecular weight is 427 g/mol. The van der Waals surface area contributed by atoms with Crippen molar-refractivity contribution in [3.63, 3.8) is 0 Å². The smallest absolute Gasteiger partial charge is 0.261 e. The Bertz CT molecular complexity index is 992. The Labute approximate surface area is 179 Å². The SMILES string of the molecule is CSc1ccc(CNC(=O)c2sc3ncnc(N4CCCCCC4)c3c2C)cc1. The zero-order chi connectivity index (χ0) is 20.2. The van der Waals surface area contributed by atoms with Crippen molar-refractivity contribution >= 4 is 45.0 Å². The van der Waals surface area contributed by atoms with Gasteiger partial charge in [0, 0.05) is 24.5 Å². The number of aromatic nitrogens is 2. The van der Waals surface area contributed by atoms with Gasteiger partial charge in [-0.3, -0.25) is 4.79 Å². The summed E-state index contributed by atoms with van der Waals surface area (Å²) in [7, 11) is 0. The van der Waals surface area contributed by atoms with Crippen molar-refractivity contribution in [1.82, 2.24) is 15.3 Å². The summed E-state index contributed by atoms with van der Waals surface area (Å²) in [5.41, 5.74) is 2.08. The first kappa shape index (κ1) is 20.2. The minimum absolute atomic E-state index is 0.0405. The van der Waals surface area contributed by atoms with Gasteiger partial charge in [0.2, 0.25) is 0 Å². The Morgan fingerprint density at radius 2 is 1.86 bits per heavy atom. The van der Waals surface area contributed by atoms with Crippen molar-refractivity contribution in [3.05, 3.63) is 46.6 Å². The van der Waals surface area contributed by atoms with E-state index in [4.69, 9.17) is 0 Å². The molecular formula is C22H26N4OS2. The van der Waals surface area contributed by atoms with E-state index in [1.807, 2.05) is 6.92 Å². The molecule has 7 heteroatoms. The van der Waals surface area contributed by atoms with Crippen LogP contribution in [0.4, 0.5) is 5.82 Å². The van der Waals surface area contributed by atoms with E-state index in [0.717, 1.165) is 45.1 Å². The minimum Gasteiger partial charge on any atom is -0.356 e. The third kappa shape index (κ3) is 4.41. The number of hydrogen-bond acceptors (Lipinski definition) is 6. The topological polar surface area (TPSA) is 58.1 Å². The van der Waals surface area contributed by atoms with Crippen LogP contribution in [0.3, 0.4) is 0 Å². The molecule has 0 aliphatic carbocycles. The standard InChI is InChI=1S/C22H26N4OS2/c1-15-18-20(26-11-5-3-4-6-12-26)24-14-25-22(18)29-19(15)21(27)23-13-16-7-9-17(28-2)10-8-16/h7-10,14H,3-6,11-13H2,1-2H3,(H,23,27). The van der Waals surface area contributed by atoms with Crippen molar-refractivity contribution in [2.75, 3.05) is 24.2 Å². The van der Waals surface area contributed by atoms with Crippen molar-refractivity contribution in [1.29, 1.82) is 0 Å². The zero-order valence-electron chi connectivity index (χ0n) is 16.9. The minimum atomic E-state index is -0.0405. The van der Waals surface area contributed by atoms with Crippen LogP contribution >= 0.6 is 23.1 Å². The molecule has 1 aliphatic heterocycles. The number of fused-ring (bicyclic) bond motifs is 1. The maximum Gasteiger partial charge on any atom is 0.261 e. The normalized spacial score (nSPS) is 14.8. The fourth-order valence-corrected chi connectivity index (χ4v) is 5.27. The van der Waals surface area contributed by atoms with Crippen LogP contribution in [-0.4, -0.2) is 35.2 Å². The van der Waals surface area contributed by atoms with Crippen molar-refractivity contribution in [2.45, 2.75) is 44.0 Å². The quantitative estimate of drug-likeness (QED) is 0.580. The summed E-state index contributed by atoms with van der Waals surface area (Å²) < 4.78 is 0. The van der Waals surface area contributed by atoms with Gasteiger partial charge in [0.25, 0.3) is 5.91 Å². The summed E-state index contributed by atoms with van der Waals surface area (Å²) >= 11 is 3.18. The first-order valence-corrected chi connectivity index (χ1v) is 12.1. The van der Waals surface area contributed by atoms with E-state index >= 15 is 0 Å². The molecule has 152 valence electrons. The molecule has 5 nitrogen and oxygen atoms in total. The Balaban J connectivity index is 1.56. The highest BCUT2D eigenvalue weighted by Crippen LogP contribution is 2.35. The number of thioether (sulfide) groups is 1. The van der Waals surface area contributed by atoms with Gasteiger partial charge in [-0.25, -0.2) is 9.97 Å². The van der Waals surface area contributed by atoms with Crippen LogP contribution in [0.15, 0.2) is 35.5 Å². The van der Waals surface area contributed by atoms with Gasteiger partial charge in [-0.15, -0.1) is 23.1 Å². The predicted octanol–water partition coefficient (Wildman–Crippen LogP) is 5.03. The molecule has 1 amide bonds. The van der Waals surface area contributed by atoms with Gasteiger partial charge in [0.15, 0.2) is 0 Å². The first-order chi connectivity index (χ1) is 14.2. The van der Waals surface area contributed by atoms with E-state index < -0.39 is 0 Å². The van der Waals surface area contributed by atoms with Crippen molar-refractivity contribution < 1.29 is 4.79 Å². The molecule has 0 saturated carbocycles. The van der Waals surface area contributed by atoms with Crippen LogP contribution in [0.25, 0.3) is 10.2 Å². The van der Waals surface area contributed by atoms with E-state index in [1.165, 1.54) is 41.9 Å². The Hall–Kier alpha value is -2.12. The van der Waals surface area contributed by atoms with Crippen LogP contribution in [0.1, 0.15) is 46.5 Å². The summed E-state index contributed by atoms with van der Waals surface area (Å²) in [5.74, 6) is 0.943. The molecular weight excluding hydrogens is 400 g/mol. The number of carbonyl (C=O) groups is 1. The molecule has 1 N–H and O–H groups in total. The lowest BCUT2D eigenvalue weighted by Gasteiger charge is -2.22. The summed E-state index contributed by atoms with van der Waals surface area (Å²) in [6.07, 6.45) is 8.63. The van der Waals surface area contributed by atoms with Crippen LogP contribution < -0.4 is 10.2 Å². The highest BCUT2D eigenvalue weighted by atomic mass is 32.2. The first-order valence-electron chi connectivity index (χ1n) is 10.1. The highest BCUT2D eigenvalue weighted by molar-refractivity contribution is 7.98. The Morgan fingerprint density at radius 3 is 2.55 bits per heavy atom. The summed E-state index contributed by atoms with van der Waals surface area (Å²) in [5, 5.41) is 4.10. The zero-order valence-corrected chi connectivity index (χ0v) is 18.5. The number of hydrogen-bond donors (Lipinski definition) is 1. The van der Waals surface area contributed by atoms with Crippen LogP contribution in [-0.2, 0) is 6.54 Å². The van der Waals surface area contributed by atoms with Gasteiger partial charge in [-0.2, -0.15) is 0 Å². The molecule has 1 fully saturated rings. The van der Waals surface area contributed by atoms with Crippen LogP contribution in [0.2, 0.25) is 0 Å². The average Bonchev–Trinajstić information content (AvgIpc) is 2.93. The third-order valence-corrected chi connectivity index (χ3v) is 7.37. The number of thiophene rings is 1. The number of nitrogens with one attached hydrogen (secondary N) is 1. The number of nitrogens with zero attached hydrogens (tertiary/aromatic N) is 3. The van der Waals surface area contributed by atoms with Gasteiger partial charge in [-0.05, 0) is 49.3 Å². The number of rotatable bonds is 5. The molecule has 2 aromatic heterocycles. The molecule has 0 bridgehead atoms. The van der Waals surface area contributed by atoms with Gasteiger partial charge in [-0.1, -0.05) is 25.0 Å². The van der Waals surface area contributed by atoms with Gasteiger partial charge >= 0.3 is 0 Å². The number of amides is 1. The summed E-state index contributed by atoms with van der Waals surface area (Å²) in [4.78, 5) is 27.2. The lowest BCUT2D eigenvalue weighted by molar-refractivity contribution is 0.0954. The van der Waals surface area contributed by atoms with E-state index in [0.29, 0.717) is 6.54 Å². The van der Waals surface area contributed by atoms with Gasteiger partial charge in [0.1, 0.15) is 17.0 Å². The van der Waals surface area contributed by atoms with E-state index in [9.17, 15) is 4.79 Å². The molecule has 0 atom stereocenters. The molecule has 3 aromatic rings. The van der Waals surface area contributed by atoms with E-state index in [1.54, 1.807) is 18.1 Å². The van der Waals surface area contributed by atoms with Gasteiger partial charge < -0.3 is 10.2 Å². The van der Waals surface area contributed by atoms with Gasteiger partial charge in [0.05, 0.1) is 10.3 Å². The lowest BCUT2D eigenvalue weighted by Crippen LogP contribution is -2.25. The number of anilines is 1. The van der Waals surface area contributed by atoms with Crippen molar-refractivity contribution in [2.24, 2.45) is 0 Å². The summed E-state index contributed by atoms with van der Waals surface area (Å²) in [6, 6.07) is 8.29. The molecule has 4 rings (SSSR count).